The molecule has 1 atom stereocenters. The van der Waals surface area contributed by atoms with E-state index in [0.29, 0.717) is 6.04 Å². The number of carbonyl (C=O) groups excluding carboxylic acids is 1. The molecule has 14 heavy (non-hydrogen) atoms. The van der Waals surface area contributed by atoms with Crippen LogP contribution in [0, 0.1) is 0 Å². The van der Waals surface area contributed by atoms with Gasteiger partial charge >= 0.3 is 6.03 Å². The van der Waals surface area contributed by atoms with Crippen LogP contribution >= 0.6 is 12.4 Å². The van der Waals surface area contributed by atoms with Crippen LogP contribution in [0.1, 0.15) is 6.42 Å². The third-order valence-corrected chi connectivity index (χ3v) is 2.84. The molecule has 1 unspecified atom stereocenters. The number of rotatable bonds is 2. The van der Waals surface area contributed by atoms with Crippen molar-refractivity contribution in [2.75, 3.05) is 26.2 Å². The molecule has 2 rings (SSSR count). The molecule has 82 valence electrons. The van der Waals surface area contributed by atoms with Gasteiger partial charge in [0.2, 0.25) is 0 Å². The number of urea groups is 1. The highest BCUT2D eigenvalue weighted by atomic mass is 35.5. The van der Waals surface area contributed by atoms with E-state index in [9.17, 15) is 4.79 Å². The highest BCUT2D eigenvalue weighted by Crippen LogP contribution is 2.14. The monoisotopic (exact) mass is 220 g/mol. The second-order valence-corrected chi connectivity index (χ2v) is 3.80. The molecule has 2 amide bonds. The molecular formula is C8H17ClN4O. The Morgan fingerprint density at radius 3 is 2.71 bits per heavy atom. The molecule has 0 spiro atoms. The van der Waals surface area contributed by atoms with Crippen LogP contribution in [-0.4, -0.2) is 49.2 Å². The fraction of sp³-hybridized carbons (Fsp3) is 0.875. The fourth-order valence-electron chi connectivity index (χ4n) is 1.97. The molecule has 0 aliphatic carbocycles. The van der Waals surface area contributed by atoms with E-state index in [0.717, 1.165) is 32.6 Å². The van der Waals surface area contributed by atoms with Gasteiger partial charge in [-0.15, -0.1) is 12.4 Å². The zero-order valence-corrected chi connectivity index (χ0v) is 8.85. The van der Waals surface area contributed by atoms with Crippen molar-refractivity contribution in [2.24, 2.45) is 5.73 Å². The Morgan fingerprint density at radius 1 is 1.50 bits per heavy atom. The van der Waals surface area contributed by atoms with Crippen molar-refractivity contribution in [1.29, 1.82) is 0 Å². The Labute approximate surface area is 89.8 Å². The minimum Gasteiger partial charge on any atom is -0.352 e. The predicted octanol–water partition coefficient (Wildman–Crippen LogP) is -0.877. The van der Waals surface area contributed by atoms with E-state index in [-0.39, 0.29) is 18.4 Å². The van der Waals surface area contributed by atoms with Gasteiger partial charge in [-0.1, -0.05) is 0 Å². The van der Waals surface area contributed by atoms with Gasteiger partial charge in [-0.25, -0.2) is 4.79 Å². The van der Waals surface area contributed by atoms with E-state index < -0.39 is 6.03 Å². The molecule has 2 aliphatic heterocycles. The summed E-state index contributed by atoms with van der Waals surface area (Å²) in [5, 5.41) is 5.99. The summed E-state index contributed by atoms with van der Waals surface area (Å²) < 4.78 is 0. The first-order chi connectivity index (χ1) is 6.25. The molecule has 0 radical (unpaired) electrons. The van der Waals surface area contributed by atoms with Crippen LogP contribution < -0.4 is 16.4 Å². The lowest BCUT2D eigenvalue weighted by atomic mass is 10.1. The van der Waals surface area contributed by atoms with Crippen molar-refractivity contribution in [1.82, 2.24) is 15.5 Å². The number of hydrogen-bond acceptors (Lipinski definition) is 3. The van der Waals surface area contributed by atoms with Crippen LogP contribution in [0.3, 0.4) is 0 Å². The standard InChI is InChI=1S/C8H16N4O.ClH/c9-8(13)11-6-1-2-12(5-6)7-3-10-4-7;/h6-7,10H,1-5H2,(H3,9,11,13);1H. The Kier molecular flexibility index (Phi) is 3.97. The van der Waals surface area contributed by atoms with Gasteiger partial charge in [0.05, 0.1) is 0 Å². The number of halogens is 1. The van der Waals surface area contributed by atoms with Gasteiger partial charge in [0.25, 0.3) is 0 Å². The van der Waals surface area contributed by atoms with Crippen molar-refractivity contribution in [3.63, 3.8) is 0 Å². The molecule has 2 heterocycles. The minimum atomic E-state index is -0.404. The van der Waals surface area contributed by atoms with Gasteiger partial charge in [0.1, 0.15) is 0 Å². The number of carbonyl (C=O) groups is 1. The number of hydrogen-bond donors (Lipinski definition) is 3. The first-order valence-electron chi connectivity index (χ1n) is 4.76. The normalized spacial score (nSPS) is 27.9. The number of likely N-dealkylation sites (tertiary alicyclic amines) is 1. The maximum atomic E-state index is 10.6. The molecular weight excluding hydrogens is 204 g/mol. The Hall–Kier alpha value is -0.520. The van der Waals surface area contributed by atoms with Gasteiger partial charge in [-0.05, 0) is 6.42 Å². The SMILES string of the molecule is Cl.NC(=O)NC1CCN(C2CNC2)C1. The second kappa shape index (κ2) is 4.82. The van der Waals surface area contributed by atoms with Crippen LogP contribution in [-0.2, 0) is 0 Å². The molecule has 0 aromatic carbocycles. The second-order valence-electron chi connectivity index (χ2n) is 3.80. The summed E-state index contributed by atoms with van der Waals surface area (Å²) in [5.41, 5.74) is 5.06. The van der Waals surface area contributed by atoms with E-state index in [4.69, 9.17) is 5.73 Å². The van der Waals surface area contributed by atoms with Crippen LogP contribution in [0.5, 0.6) is 0 Å². The smallest absolute Gasteiger partial charge is 0.312 e. The summed E-state index contributed by atoms with van der Waals surface area (Å²) >= 11 is 0. The van der Waals surface area contributed by atoms with Crippen molar-refractivity contribution in [3.05, 3.63) is 0 Å². The van der Waals surface area contributed by atoms with Gasteiger partial charge in [0.15, 0.2) is 0 Å². The number of amides is 2. The van der Waals surface area contributed by atoms with Gasteiger partial charge in [0, 0.05) is 38.3 Å². The first kappa shape index (κ1) is 11.6. The molecule has 4 N–H and O–H groups in total. The third kappa shape index (κ3) is 2.50. The zero-order chi connectivity index (χ0) is 9.26. The first-order valence-corrected chi connectivity index (χ1v) is 4.76. The van der Waals surface area contributed by atoms with Crippen LogP contribution in [0.25, 0.3) is 0 Å². The van der Waals surface area contributed by atoms with E-state index >= 15 is 0 Å². The molecule has 0 bridgehead atoms. The zero-order valence-electron chi connectivity index (χ0n) is 8.03. The number of nitrogens with zero attached hydrogens (tertiary/aromatic N) is 1. The summed E-state index contributed by atoms with van der Waals surface area (Å²) in [6.45, 7) is 4.21. The maximum Gasteiger partial charge on any atom is 0.312 e. The summed E-state index contributed by atoms with van der Waals surface area (Å²) in [5.74, 6) is 0. The van der Waals surface area contributed by atoms with E-state index in [1.165, 1.54) is 0 Å². The largest absolute Gasteiger partial charge is 0.352 e. The van der Waals surface area contributed by atoms with Gasteiger partial charge in [-0.3, -0.25) is 4.90 Å². The van der Waals surface area contributed by atoms with Crippen LogP contribution in [0.15, 0.2) is 0 Å². The molecule has 2 aliphatic rings. The van der Waals surface area contributed by atoms with Crippen molar-refractivity contribution in [2.45, 2.75) is 18.5 Å². The Morgan fingerprint density at radius 2 is 2.21 bits per heavy atom. The van der Waals surface area contributed by atoms with Crippen molar-refractivity contribution < 1.29 is 4.79 Å². The topological polar surface area (TPSA) is 70.4 Å². The molecule has 2 saturated heterocycles. The number of nitrogens with one attached hydrogen (secondary N) is 2. The molecule has 0 aromatic rings. The average molecular weight is 221 g/mol. The lowest BCUT2D eigenvalue weighted by Crippen LogP contribution is -2.57. The molecule has 0 aromatic heterocycles. The third-order valence-electron chi connectivity index (χ3n) is 2.84. The van der Waals surface area contributed by atoms with Gasteiger partial charge < -0.3 is 16.4 Å². The quantitative estimate of drug-likeness (QED) is 0.566. The van der Waals surface area contributed by atoms with E-state index in [1.54, 1.807) is 0 Å². The van der Waals surface area contributed by atoms with E-state index in [1.807, 2.05) is 0 Å². The molecule has 2 fully saturated rings. The highest BCUT2D eigenvalue weighted by Gasteiger charge is 2.31. The predicted molar refractivity (Wildman–Crippen MR) is 56.6 cm³/mol. The summed E-state index contributed by atoms with van der Waals surface area (Å²) in [6.07, 6.45) is 1.03. The molecule has 6 heteroatoms. The highest BCUT2D eigenvalue weighted by molar-refractivity contribution is 5.85. The Bertz CT molecular complexity index is 210. The molecule has 5 nitrogen and oxygen atoms in total. The van der Waals surface area contributed by atoms with Gasteiger partial charge in [-0.2, -0.15) is 0 Å². The molecule has 0 saturated carbocycles. The van der Waals surface area contributed by atoms with Crippen molar-refractivity contribution >= 4 is 18.4 Å². The number of nitrogens with two attached hydrogens (primary N) is 1. The summed E-state index contributed by atoms with van der Waals surface area (Å²) in [6, 6.07) is 0.538. The lowest BCUT2D eigenvalue weighted by Gasteiger charge is -2.35. The fourth-order valence-corrected chi connectivity index (χ4v) is 1.97. The van der Waals surface area contributed by atoms with Crippen molar-refractivity contribution in [3.8, 4) is 0 Å². The Balaban J connectivity index is 0.000000980. The minimum absolute atomic E-state index is 0. The summed E-state index contributed by atoms with van der Waals surface area (Å²) in [7, 11) is 0. The lowest BCUT2D eigenvalue weighted by molar-refractivity contribution is 0.176. The summed E-state index contributed by atoms with van der Waals surface area (Å²) in [4.78, 5) is 13.0. The average Bonchev–Trinajstić information content (AvgIpc) is 2.31. The maximum absolute atomic E-state index is 10.6. The van der Waals surface area contributed by atoms with Crippen LogP contribution in [0.2, 0.25) is 0 Å². The number of primary amides is 1. The van der Waals surface area contributed by atoms with E-state index in [2.05, 4.69) is 15.5 Å². The van der Waals surface area contributed by atoms with Crippen LogP contribution in [0.4, 0.5) is 4.79 Å².